The molecule has 8 nitrogen and oxygen atoms in total. The quantitative estimate of drug-likeness (QED) is 0.0894. The zero-order valence-electron chi connectivity index (χ0n) is 78.6. The van der Waals surface area contributed by atoms with Gasteiger partial charge >= 0.3 is 0 Å². The highest BCUT2D eigenvalue weighted by atomic mass is 32.1. The molecule has 146 heavy (non-hydrogen) atoms. The van der Waals surface area contributed by atoms with E-state index >= 15 is 0 Å². The predicted molar refractivity (Wildman–Crippen MR) is 617 cm³/mol. The van der Waals surface area contributed by atoms with Crippen LogP contribution in [0.15, 0.2) is 515 Å². The highest BCUT2D eigenvalue weighted by Gasteiger charge is 2.35. The van der Waals surface area contributed by atoms with Crippen molar-refractivity contribution in [3.8, 4) is 55.6 Å². The van der Waals surface area contributed by atoms with Gasteiger partial charge in [0, 0.05) is 87.1 Å². The van der Waals surface area contributed by atoms with Crippen LogP contribution in [0.25, 0.3) is 227 Å². The van der Waals surface area contributed by atoms with Crippen LogP contribution in [-0.2, 0) is 0 Å². The normalized spacial score (nSPS) is 12.0. The topological polar surface area (TPSA) is 65.5 Å². The van der Waals surface area contributed by atoms with Crippen molar-refractivity contribution in [2.45, 2.75) is 0 Å². The van der Waals surface area contributed by atoms with Crippen LogP contribution in [0, 0.1) is 0 Å². The van der Waals surface area contributed by atoms with Crippen LogP contribution in [0.1, 0.15) is 0 Å². The smallest absolute Gasteiger partial charge is 0.159 e. The van der Waals surface area contributed by atoms with E-state index < -0.39 is 0 Å². The molecule has 0 saturated heterocycles. The van der Waals surface area contributed by atoms with E-state index in [1.807, 2.05) is 22.7 Å². The first-order chi connectivity index (χ1) is 72.4. The Morgan fingerprint density at radius 1 is 0.144 bits per heavy atom. The van der Waals surface area contributed by atoms with E-state index in [4.69, 9.17) is 17.7 Å². The SMILES string of the molecule is c1ccc(-c2cccc(N(c3cccc4c3oc3ccccc34)c3cc4ccccc4c4c3sc3c(N(c5cccc(-c6ccccc6)c5)c5cccc6c5oc5cccc(-c7ccc8oc9c(N(c%10ccccc%10-c%10ccccc%10)c%10cc%11ccccc%11c%11c%10sc%10c(N(c%12ccccc%12-c%12ccccc%12)c%12cccc%13c%12oc%12ccccc%12%13)cc%12ccccc%12c%10%11)cccc9c8c7)c56)cc5ccccc5c34)c2)cc1. The van der Waals surface area contributed by atoms with Crippen molar-refractivity contribution in [1.29, 1.82) is 0 Å². The summed E-state index contributed by atoms with van der Waals surface area (Å²) >= 11 is 3.69. The lowest BCUT2D eigenvalue weighted by atomic mass is 9.96. The highest BCUT2D eigenvalue weighted by molar-refractivity contribution is 7.28. The summed E-state index contributed by atoms with van der Waals surface area (Å²) in [6.07, 6.45) is 0. The highest BCUT2D eigenvalue weighted by Crippen LogP contribution is 2.61. The van der Waals surface area contributed by atoms with Crippen molar-refractivity contribution in [3.05, 3.63) is 497 Å². The number of nitrogens with zero attached hydrogens (tertiary/aromatic N) is 4. The maximum Gasteiger partial charge on any atom is 0.159 e. The van der Waals surface area contributed by atoms with Gasteiger partial charge in [-0.3, -0.25) is 0 Å². The van der Waals surface area contributed by atoms with Crippen molar-refractivity contribution in [2.75, 3.05) is 19.6 Å². The Morgan fingerprint density at radius 2 is 0.425 bits per heavy atom. The molecule has 0 N–H and O–H groups in total. The Balaban J connectivity index is 0.622. The third-order valence-electron chi connectivity index (χ3n) is 29.7. The number of para-hydroxylation sites is 8. The van der Waals surface area contributed by atoms with Crippen molar-refractivity contribution < 1.29 is 17.7 Å². The lowest BCUT2D eigenvalue weighted by Gasteiger charge is -2.29. The van der Waals surface area contributed by atoms with Gasteiger partial charge in [-0.1, -0.05) is 382 Å². The van der Waals surface area contributed by atoms with Gasteiger partial charge in [-0.2, -0.15) is 0 Å². The third-order valence-corrected chi connectivity index (χ3v) is 32.2. The first kappa shape index (κ1) is 83.0. The summed E-state index contributed by atoms with van der Waals surface area (Å²) < 4.78 is 34.1. The molecule has 0 aliphatic heterocycles. The van der Waals surface area contributed by atoms with Crippen molar-refractivity contribution >= 4 is 262 Å². The van der Waals surface area contributed by atoms with Crippen LogP contribution in [0.2, 0.25) is 0 Å². The van der Waals surface area contributed by atoms with Gasteiger partial charge in [-0.05, 0) is 203 Å². The van der Waals surface area contributed by atoms with Crippen molar-refractivity contribution in [1.82, 2.24) is 0 Å². The first-order valence-electron chi connectivity index (χ1n) is 49.6. The van der Waals surface area contributed by atoms with Crippen LogP contribution >= 0.6 is 22.7 Å². The maximum absolute atomic E-state index is 7.68. The molecule has 0 amide bonds. The monoisotopic (exact) mass is 1900 g/mol. The molecule has 24 aromatic carbocycles. The van der Waals surface area contributed by atoms with E-state index in [1.165, 1.54) is 21.5 Å². The lowest BCUT2D eigenvalue weighted by Crippen LogP contribution is -2.12. The average molecular weight is 1900 g/mol. The van der Waals surface area contributed by atoms with E-state index in [1.54, 1.807) is 0 Å². The number of furan rings is 4. The molecule has 0 radical (unpaired) electrons. The van der Waals surface area contributed by atoms with E-state index in [0.717, 1.165) is 274 Å². The summed E-state index contributed by atoms with van der Waals surface area (Å²) in [6.45, 7) is 0. The minimum atomic E-state index is 0.754. The second-order valence-electron chi connectivity index (χ2n) is 37.8. The number of hydrogen-bond donors (Lipinski definition) is 0. The molecule has 10 heteroatoms. The summed E-state index contributed by atoms with van der Waals surface area (Å²) in [5, 5.41) is 22.0. The maximum atomic E-state index is 7.68. The Bertz CT molecular complexity index is 10600. The Labute approximate surface area is 846 Å². The van der Waals surface area contributed by atoms with Gasteiger partial charge < -0.3 is 37.3 Å². The Morgan fingerprint density at radius 3 is 0.849 bits per heavy atom. The van der Waals surface area contributed by atoms with E-state index in [2.05, 4.69) is 517 Å². The number of anilines is 12. The van der Waals surface area contributed by atoms with Crippen LogP contribution < -0.4 is 19.6 Å². The molecule has 0 atom stereocenters. The molecule has 0 unspecified atom stereocenters. The fraction of sp³-hybridized carbons (Fsp3) is 0. The molecule has 682 valence electrons. The molecule has 0 saturated carbocycles. The van der Waals surface area contributed by atoms with Crippen LogP contribution in [0.4, 0.5) is 68.2 Å². The molecule has 30 rings (SSSR count). The third kappa shape index (κ3) is 13.1. The molecule has 6 aromatic heterocycles. The van der Waals surface area contributed by atoms with E-state index in [0.29, 0.717) is 0 Å². The van der Waals surface area contributed by atoms with E-state index in [-0.39, 0.29) is 0 Å². The summed E-state index contributed by atoms with van der Waals surface area (Å²) in [6, 6.07) is 181. The molecule has 6 heterocycles. The lowest BCUT2D eigenvalue weighted by molar-refractivity contribution is 0.668. The standard InChI is InChI=1S/C136H82N4O4S2/c1-5-36-83(37-6-1)87-48-29-50-94(76-87)137(112-67-31-61-105-103-58-23-27-71-120(103)141-129(105)112)116-79-89-44-13-17-54-99(89)125-126-100-55-18-14-45-90(100)80-117(134(126)145-133(116)125)138(95-51-30-49-88(77-95)84-38-7-2-8-39-84)113-68-34-64-108-124-98(60-35-73-123(124)144-132(108)113)93-74-75-122-109(78-93)107-63-33-70-115(131(107)143-122)140(111-66-26-22-53-97(111)86-42-11-4-12-43-86)119-82-92-47-16-20-57-102(92)128-127-101-56-19-15-46-91(101)81-118(135(127)146-136(119)128)139(110-65-25-21-52-96(110)85-40-9-3-10-41-85)114-69-32-62-106-104-59-24-28-72-121(104)142-130(106)114/h1-82H. The number of hydrogen-bond acceptors (Lipinski definition) is 10. The molecule has 0 aliphatic rings. The van der Waals surface area contributed by atoms with Crippen LogP contribution in [0.3, 0.4) is 0 Å². The fourth-order valence-corrected chi connectivity index (χ4v) is 26.0. The number of rotatable bonds is 17. The molecule has 0 spiro atoms. The van der Waals surface area contributed by atoms with Gasteiger partial charge in [0.15, 0.2) is 22.3 Å². The molecule has 0 aliphatic carbocycles. The zero-order chi connectivity index (χ0) is 95.7. The predicted octanol–water partition coefficient (Wildman–Crippen LogP) is 40.8. The average Bonchev–Trinajstić information content (AvgIpc) is 1.42. The van der Waals surface area contributed by atoms with Gasteiger partial charge in [0.05, 0.1) is 75.7 Å². The number of fused-ring (bicyclic) bond motifs is 26. The van der Waals surface area contributed by atoms with Crippen LogP contribution in [-0.4, -0.2) is 0 Å². The van der Waals surface area contributed by atoms with Gasteiger partial charge in [0.25, 0.3) is 0 Å². The zero-order valence-corrected chi connectivity index (χ0v) is 80.2. The fourth-order valence-electron chi connectivity index (χ4n) is 23.3. The number of thiophene rings is 2. The summed E-state index contributed by atoms with van der Waals surface area (Å²) in [4.78, 5) is 9.93. The van der Waals surface area contributed by atoms with Gasteiger partial charge in [0.2, 0.25) is 0 Å². The summed E-state index contributed by atoms with van der Waals surface area (Å²) in [5.41, 5.74) is 28.9. The minimum absolute atomic E-state index is 0.754. The van der Waals surface area contributed by atoms with Crippen molar-refractivity contribution in [2.24, 2.45) is 0 Å². The Kier molecular flexibility index (Phi) is 19.0. The molecular formula is C136H82N4O4S2. The van der Waals surface area contributed by atoms with Gasteiger partial charge in [-0.25, -0.2) is 0 Å². The summed E-state index contributed by atoms with van der Waals surface area (Å²) in [7, 11) is 0. The molecule has 0 bridgehead atoms. The molecule has 30 aromatic rings. The molecule has 0 fully saturated rings. The molecular weight excluding hydrogens is 1820 g/mol. The minimum Gasteiger partial charge on any atom is -0.454 e. The Hall–Kier alpha value is -18.8. The second-order valence-corrected chi connectivity index (χ2v) is 39.9. The first-order valence-corrected chi connectivity index (χ1v) is 51.2. The largest absolute Gasteiger partial charge is 0.454 e. The van der Waals surface area contributed by atoms with Gasteiger partial charge in [-0.15, -0.1) is 22.7 Å². The second kappa shape index (κ2) is 33.4. The van der Waals surface area contributed by atoms with Crippen LogP contribution in [0.5, 0.6) is 0 Å². The number of benzene rings is 24. The van der Waals surface area contributed by atoms with Crippen molar-refractivity contribution in [3.63, 3.8) is 0 Å². The van der Waals surface area contributed by atoms with E-state index in [9.17, 15) is 0 Å². The summed E-state index contributed by atoms with van der Waals surface area (Å²) in [5.74, 6) is 0. The van der Waals surface area contributed by atoms with Gasteiger partial charge in [0.1, 0.15) is 22.3 Å².